The van der Waals surface area contributed by atoms with E-state index >= 15 is 0 Å². The molecule has 0 heterocycles. The molecule has 0 fully saturated rings. The second kappa shape index (κ2) is 7.28. The predicted octanol–water partition coefficient (Wildman–Crippen LogP) is 2.67. The number of nitrogens with zero attached hydrogens (tertiary/aromatic N) is 2. The molecule has 6 heteroatoms. The lowest BCUT2D eigenvalue weighted by Crippen LogP contribution is -2.21. The maximum Gasteiger partial charge on any atom is 0.293 e. The number of nitrogens with one attached hydrogen (secondary N) is 1. The number of allylic oxidation sites excluding steroid dienone is 1. The number of anilines is 1. The average Bonchev–Trinajstić information content (AvgIpc) is 2.42. The first-order chi connectivity index (χ1) is 9.47. The van der Waals surface area contributed by atoms with Gasteiger partial charge in [-0.3, -0.25) is 14.9 Å². The van der Waals surface area contributed by atoms with Crippen molar-refractivity contribution in [2.45, 2.75) is 13.3 Å². The van der Waals surface area contributed by atoms with E-state index in [1.165, 1.54) is 11.0 Å². The molecule has 6 nitrogen and oxygen atoms in total. The van der Waals surface area contributed by atoms with Crippen LogP contribution in [0.2, 0.25) is 0 Å². The zero-order valence-corrected chi connectivity index (χ0v) is 11.9. The van der Waals surface area contributed by atoms with Crippen LogP contribution < -0.4 is 5.32 Å². The molecule has 0 aromatic heterocycles. The number of rotatable bonds is 6. The number of benzene rings is 1. The smallest absolute Gasteiger partial charge is 0.293 e. The molecule has 1 amide bonds. The Balaban J connectivity index is 2.96. The Morgan fingerprint density at radius 1 is 1.45 bits per heavy atom. The van der Waals surface area contributed by atoms with Gasteiger partial charge in [-0.2, -0.15) is 0 Å². The number of nitro benzene ring substituents is 1. The van der Waals surface area contributed by atoms with Crippen molar-refractivity contribution in [2.24, 2.45) is 0 Å². The van der Waals surface area contributed by atoms with Crippen LogP contribution >= 0.6 is 0 Å². The van der Waals surface area contributed by atoms with E-state index in [4.69, 9.17) is 0 Å². The summed E-state index contributed by atoms with van der Waals surface area (Å²) >= 11 is 0. The van der Waals surface area contributed by atoms with Crippen molar-refractivity contribution in [3.05, 3.63) is 46.0 Å². The van der Waals surface area contributed by atoms with Gasteiger partial charge in [0.05, 0.1) is 4.92 Å². The molecule has 0 aliphatic carbocycles. The average molecular weight is 277 g/mol. The van der Waals surface area contributed by atoms with Gasteiger partial charge in [0.1, 0.15) is 5.69 Å². The number of hydrogen-bond donors (Lipinski definition) is 1. The summed E-state index contributed by atoms with van der Waals surface area (Å²) < 4.78 is 0. The molecule has 1 aromatic carbocycles. The van der Waals surface area contributed by atoms with Gasteiger partial charge in [-0.05, 0) is 25.5 Å². The summed E-state index contributed by atoms with van der Waals surface area (Å²) in [5.41, 5.74) is 0.647. The largest absolute Gasteiger partial charge is 0.379 e. The molecular formula is C14H19N3O3. The zero-order valence-electron chi connectivity index (χ0n) is 11.9. The van der Waals surface area contributed by atoms with Crippen molar-refractivity contribution in [2.75, 3.05) is 26.0 Å². The Morgan fingerprint density at radius 3 is 2.70 bits per heavy atom. The van der Waals surface area contributed by atoms with Crippen LogP contribution in [0.15, 0.2) is 30.4 Å². The van der Waals surface area contributed by atoms with Crippen molar-refractivity contribution >= 4 is 17.3 Å². The van der Waals surface area contributed by atoms with Crippen LogP contribution in [-0.4, -0.2) is 36.4 Å². The monoisotopic (exact) mass is 277 g/mol. The molecule has 0 radical (unpaired) electrons. The lowest BCUT2D eigenvalue weighted by atomic mass is 10.1. The van der Waals surface area contributed by atoms with Gasteiger partial charge >= 0.3 is 0 Å². The standard InChI is InChI=1S/C14H19N3O3/c1-4-5-6-9-15-12-8-7-11(14(18)16(2)3)10-13(12)17(19)20/h4-5,7-8,10,15H,6,9H2,1-3H3/b5-4+. The maximum absolute atomic E-state index is 11.8. The Bertz CT molecular complexity index is 524. The van der Waals surface area contributed by atoms with Crippen molar-refractivity contribution in [3.8, 4) is 0 Å². The molecule has 0 bridgehead atoms. The SMILES string of the molecule is C/C=C/CCNc1ccc(C(=O)N(C)C)cc1[N+](=O)[O-]. The minimum atomic E-state index is -0.482. The molecule has 0 saturated heterocycles. The predicted molar refractivity (Wildman–Crippen MR) is 79.0 cm³/mol. The van der Waals surface area contributed by atoms with E-state index in [0.717, 1.165) is 6.42 Å². The van der Waals surface area contributed by atoms with Crippen molar-refractivity contribution in [1.29, 1.82) is 0 Å². The molecule has 0 aliphatic rings. The highest BCUT2D eigenvalue weighted by Gasteiger charge is 2.18. The van der Waals surface area contributed by atoms with E-state index in [1.807, 2.05) is 19.1 Å². The van der Waals surface area contributed by atoms with Gasteiger partial charge in [0.2, 0.25) is 0 Å². The Kier molecular flexibility index (Phi) is 5.71. The molecule has 1 N–H and O–H groups in total. The van der Waals surface area contributed by atoms with Crippen molar-refractivity contribution in [3.63, 3.8) is 0 Å². The summed E-state index contributed by atoms with van der Waals surface area (Å²) in [5.74, 6) is -0.256. The molecule has 0 atom stereocenters. The van der Waals surface area contributed by atoms with Crippen LogP contribution in [0.1, 0.15) is 23.7 Å². The van der Waals surface area contributed by atoms with Crippen molar-refractivity contribution in [1.82, 2.24) is 4.90 Å². The third-order valence-corrected chi connectivity index (χ3v) is 2.71. The van der Waals surface area contributed by atoms with Gasteiger partial charge < -0.3 is 10.2 Å². The molecular weight excluding hydrogens is 258 g/mol. The minimum absolute atomic E-state index is 0.0850. The summed E-state index contributed by atoms with van der Waals surface area (Å²) in [7, 11) is 3.22. The fourth-order valence-corrected chi connectivity index (χ4v) is 1.68. The number of carbonyl (C=O) groups excluding carboxylic acids is 1. The van der Waals surface area contributed by atoms with Gasteiger partial charge in [-0.15, -0.1) is 0 Å². The molecule has 108 valence electrons. The summed E-state index contributed by atoms with van der Waals surface area (Å²) in [6.07, 6.45) is 4.68. The first-order valence-corrected chi connectivity index (χ1v) is 6.32. The lowest BCUT2D eigenvalue weighted by molar-refractivity contribution is -0.384. The third kappa shape index (κ3) is 4.08. The summed E-state index contributed by atoms with van der Waals surface area (Å²) in [6, 6.07) is 4.47. The van der Waals surface area contributed by atoms with Gasteiger partial charge in [0.15, 0.2) is 0 Å². The lowest BCUT2D eigenvalue weighted by Gasteiger charge is -2.11. The van der Waals surface area contributed by atoms with Gasteiger partial charge in [-0.1, -0.05) is 12.2 Å². The molecule has 0 saturated carbocycles. The topological polar surface area (TPSA) is 75.5 Å². The van der Waals surface area contributed by atoms with Gasteiger partial charge in [-0.25, -0.2) is 0 Å². The maximum atomic E-state index is 11.8. The molecule has 0 spiro atoms. The van der Waals surface area contributed by atoms with Crippen LogP contribution in [0.5, 0.6) is 0 Å². The highest BCUT2D eigenvalue weighted by molar-refractivity contribution is 5.95. The van der Waals surface area contributed by atoms with Gasteiger partial charge in [0.25, 0.3) is 11.6 Å². The molecule has 0 aliphatic heterocycles. The van der Waals surface area contributed by atoms with E-state index < -0.39 is 4.92 Å². The van der Waals surface area contributed by atoms with E-state index in [0.29, 0.717) is 17.8 Å². The highest BCUT2D eigenvalue weighted by atomic mass is 16.6. The second-order valence-electron chi connectivity index (χ2n) is 4.47. The summed E-state index contributed by atoms with van der Waals surface area (Å²) in [5, 5.41) is 14.1. The number of hydrogen-bond acceptors (Lipinski definition) is 4. The van der Waals surface area contributed by atoms with E-state index in [1.54, 1.807) is 26.2 Å². The number of carbonyl (C=O) groups is 1. The molecule has 1 rings (SSSR count). The minimum Gasteiger partial charge on any atom is -0.379 e. The van der Waals surface area contributed by atoms with Crippen LogP contribution in [0.4, 0.5) is 11.4 Å². The van der Waals surface area contributed by atoms with Gasteiger partial charge in [0, 0.05) is 32.3 Å². The quantitative estimate of drug-likeness (QED) is 0.375. The summed E-state index contributed by atoms with van der Waals surface area (Å²) in [4.78, 5) is 23.8. The first-order valence-electron chi connectivity index (χ1n) is 6.32. The van der Waals surface area contributed by atoms with Crippen molar-refractivity contribution < 1.29 is 9.72 Å². The van der Waals surface area contributed by atoms with E-state index in [-0.39, 0.29) is 11.6 Å². The highest BCUT2D eigenvalue weighted by Crippen LogP contribution is 2.26. The molecule has 20 heavy (non-hydrogen) atoms. The second-order valence-corrected chi connectivity index (χ2v) is 4.47. The molecule has 1 aromatic rings. The van der Waals surface area contributed by atoms with Crippen LogP contribution in [0, 0.1) is 10.1 Å². The fourth-order valence-electron chi connectivity index (χ4n) is 1.68. The molecule has 0 unspecified atom stereocenters. The number of nitro groups is 1. The Morgan fingerprint density at radius 2 is 2.15 bits per heavy atom. The Labute approximate surface area is 118 Å². The van der Waals surface area contributed by atoms with Crippen LogP contribution in [0.3, 0.4) is 0 Å². The van der Waals surface area contributed by atoms with Crippen LogP contribution in [0.25, 0.3) is 0 Å². The third-order valence-electron chi connectivity index (χ3n) is 2.71. The Hall–Kier alpha value is -2.37. The first kappa shape index (κ1) is 15.7. The van der Waals surface area contributed by atoms with E-state index in [9.17, 15) is 14.9 Å². The number of amides is 1. The zero-order chi connectivity index (χ0) is 15.1. The fraction of sp³-hybridized carbons (Fsp3) is 0.357. The van der Waals surface area contributed by atoms with E-state index in [2.05, 4.69) is 5.32 Å². The normalized spacial score (nSPS) is 10.6. The summed E-state index contributed by atoms with van der Waals surface area (Å²) in [6.45, 7) is 2.52. The van der Waals surface area contributed by atoms with Crippen LogP contribution in [-0.2, 0) is 0 Å².